The molecule has 0 saturated heterocycles. The highest BCUT2D eigenvalue weighted by Crippen LogP contribution is 2.30. The molecule has 0 fully saturated rings. The number of allylic oxidation sites excluding steroid dienone is 1. The number of rotatable bonds is 5. The molecule has 128 valence electrons. The van der Waals surface area contributed by atoms with E-state index in [2.05, 4.69) is 15.4 Å². The second kappa shape index (κ2) is 7.29. The molecule has 0 saturated carbocycles. The number of carbonyl (C=O) groups is 1. The molecule has 1 N–H and O–H groups in total. The summed E-state index contributed by atoms with van der Waals surface area (Å²) in [7, 11) is 0. The van der Waals surface area contributed by atoms with Gasteiger partial charge in [-0.25, -0.2) is 4.98 Å². The molecular formula is C16H17F3N4O. The Bertz CT molecular complexity index is 723. The molecule has 0 aliphatic heterocycles. The Hall–Kier alpha value is -2.64. The van der Waals surface area contributed by atoms with Crippen LogP contribution in [0, 0.1) is 0 Å². The summed E-state index contributed by atoms with van der Waals surface area (Å²) in [5.41, 5.74) is 0.0585. The second-order valence-electron chi connectivity index (χ2n) is 5.43. The third-order valence-corrected chi connectivity index (χ3v) is 3.31. The molecule has 2 rings (SSSR count). The van der Waals surface area contributed by atoms with E-state index in [1.807, 2.05) is 0 Å². The summed E-state index contributed by atoms with van der Waals surface area (Å²) in [5.74, 6) is -0.377. The zero-order valence-electron chi connectivity index (χ0n) is 13.2. The number of nitrogens with one attached hydrogen (secondary N) is 1. The molecule has 1 amide bonds. The maximum Gasteiger partial charge on any atom is 0.416 e. The SMILES string of the molecule is C/C(=C/C(=O)N[C@@H](C)Cn1cncn1)c1cccc(C(F)(F)F)c1. The summed E-state index contributed by atoms with van der Waals surface area (Å²) in [5, 5.41) is 6.67. The number of nitrogens with zero attached hydrogens (tertiary/aromatic N) is 3. The summed E-state index contributed by atoms with van der Waals surface area (Å²) in [6.45, 7) is 3.84. The molecule has 2 aromatic rings. The predicted molar refractivity (Wildman–Crippen MR) is 82.7 cm³/mol. The van der Waals surface area contributed by atoms with Crippen LogP contribution in [0.5, 0.6) is 0 Å². The van der Waals surface area contributed by atoms with E-state index in [-0.39, 0.29) is 11.9 Å². The molecule has 0 unspecified atom stereocenters. The van der Waals surface area contributed by atoms with Gasteiger partial charge in [0.25, 0.3) is 0 Å². The van der Waals surface area contributed by atoms with E-state index in [0.29, 0.717) is 17.7 Å². The van der Waals surface area contributed by atoms with Crippen LogP contribution in [-0.2, 0) is 17.5 Å². The molecular weight excluding hydrogens is 321 g/mol. The first-order chi connectivity index (χ1) is 11.3. The monoisotopic (exact) mass is 338 g/mol. The first kappa shape index (κ1) is 17.7. The number of amides is 1. The van der Waals surface area contributed by atoms with Gasteiger partial charge in [-0.1, -0.05) is 12.1 Å². The van der Waals surface area contributed by atoms with Crippen molar-refractivity contribution in [2.45, 2.75) is 32.6 Å². The molecule has 8 heteroatoms. The quantitative estimate of drug-likeness (QED) is 0.853. The summed E-state index contributed by atoms with van der Waals surface area (Å²) in [6, 6.07) is 4.67. The molecule has 0 aliphatic carbocycles. The number of aromatic nitrogens is 3. The Balaban J connectivity index is 2.03. The van der Waals surface area contributed by atoms with Crippen LogP contribution in [0.25, 0.3) is 5.57 Å². The molecule has 0 spiro atoms. The zero-order valence-corrected chi connectivity index (χ0v) is 13.2. The summed E-state index contributed by atoms with van der Waals surface area (Å²) in [6.07, 6.45) is -0.198. The zero-order chi connectivity index (χ0) is 17.7. The fourth-order valence-electron chi connectivity index (χ4n) is 2.16. The summed E-state index contributed by atoms with van der Waals surface area (Å²) >= 11 is 0. The Morgan fingerprint density at radius 1 is 1.42 bits per heavy atom. The van der Waals surface area contributed by atoms with Crippen LogP contribution in [0.15, 0.2) is 43.0 Å². The average molecular weight is 338 g/mol. The molecule has 5 nitrogen and oxygen atoms in total. The van der Waals surface area contributed by atoms with Crippen LogP contribution in [0.4, 0.5) is 13.2 Å². The fourth-order valence-corrected chi connectivity index (χ4v) is 2.16. The molecule has 1 aromatic carbocycles. The van der Waals surface area contributed by atoms with E-state index in [4.69, 9.17) is 0 Å². The van der Waals surface area contributed by atoms with Crippen LogP contribution in [0.2, 0.25) is 0 Å². The Kier molecular flexibility index (Phi) is 5.38. The van der Waals surface area contributed by atoms with Crippen LogP contribution in [-0.4, -0.2) is 26.7 Å². The Morgan fingerprint density at radius 3 is 2.79 bits per heavy atom. The van der Waals surface area contributed by atoms with Crippen LogP contribution in [0.3, 0.4) is 0 Å². The third-order valence-electron chi connectivity index (χ3n) is 3.31. The summed E-state index contributed by atoms with van der Waals surface area (Å²) in [4.78, 5) is 15.8. The van der Waals surface area contributed by atoms with E-state index in [1.54, 1.807) is 18.5 Å². The highest BCUT2D eigenvalue weighted by molar-refractivity contribution is 5.95. The van der Waals surface area contributed by atoms with Crippen molar-refractivity contribution in [2.24, 2.45) is 0 Å². The van der Waals surface area contributed by atoms with Gasteiger partial charge < -0.3 is 5.32 Å². The largest absolute Gasteiger partial charge is 0.416 e. The minimum atomic E-state index is -4.41. The number of carbonyl (C=O) groups excluding carboxylic acids is 1. The number of hydrogen-bond acceptors (Lipinski definition) is 3. The molecule has 24 heavy (non-hydrogen) atoms. The van der Waals surface area contributed by atoms with E-state index >= 15 is 0 Å². The van der Waals surface area contributed by atoms with E-state index < -0.39 is 11.7 Å². The minimum Gasteiger partial charge on any atom is -0.348 e. The van der Waals surface area contributed by atoms with Gasteiger partial charge in [0, 0.05) is 12.1 Å². The van der Waals surface area contributed by atoms with Crippen LogP contribution in [0.1, 0.15) is 25.0 Å². The Labute approximate surface area is 137 Å². The van der Waals surface area contributed by atoms with Gasteiger partial charge in [0.15, 0.2) is 0 Å². The first-order valence-electron chi connectivity index (χ1n) is 7.24. The first-order valence-corrected chi connectivity index (χ1v) is 7.24. The number of halogens is 3. The van der Waals surface area contributed by atoms with Gasteiger partial charge in [0.1, 0.15) is 12.7 Å². The van der Waals surface area contributed by atoms with Gasteiger partial charge in [-0.05, 0) is 37.1 Å². The summed E-state index contributed by atoms with van der Waals surface area (Å²) < 4.78 is 39.8. The van der Waals surface area contributed by atoms with E-state index in [9.17, 15) is 18.0 Å². The second-order valence-corrected chi connectivity index (χ2v) is 5.43. The molecule has 0 radical (unpaired) electrons. The normalized spacial score (nSPS) is 13.6. The van der Waals surface area contributed by atoms with Gasteiger partial charge in [-0.15, -0.1) is 0 Å². The average Bonchev–Trinajstić information content (AvgIpc) is 2.99. The van der Waals surface area contributed by atoms with Gasteiger partial charge in [-0.3, -0.25) is 9.48 Å². The highest BCUT2D eigenvalue weighted by Gasteiger charge is 2.30. The molecule has 1 heterocycles. The molecule has 1 aromatic heterocycles. The number of alkyl halides is 3. The van der Waals surface area contributed by atoms with Crippen molar-refractivity contribution in [1.82, 2.24) is 20.1 Å². The topological polar surface area (TPSA) is 59.8 Å². The van der Waals surface area contributed by atoms with Crippen LogP contribution < -0.4 is 5.32 Å². The van der Waals surface area contributed by atoms with Gasteiger partial charge in [0.05, 0.1) is 12.1 Å². The lowest BCUT2D eigenvalue weighted by Gasteiger charge is -2.13. The van der Waals surface area contributed by atoms with Crippen molar-refractivity contribution in [1.29, 1.82) is 0 Å². The van der Waals surface area contributed by atoms with Crippen molar-refractivity contribution >= 4 is 11.5 Å². The van der Waals surface area contributed by atoms with Gasteiger partial charge >= 0.3 is 6.18 Å². The molecule has 0 bridgehead atoms. The van der Waals surface area contributed by atoms with Gasteiger partial charge in [-0.2, -0.15) is 18.3 Å². The lowest BCUT2D eigenvalue weighted by molar-refractivity contribution is -0.137. The van der Waals surface area contributed by atoms with Crippen molar-refractivity contribution < 1.29 is 18.0 Å². The van der Waals surface area contributed by atoms with E-state index in [0.717, 1.165) is 12.1 Å². The molecule has 0 aliphatic rings. The van der Waals surface area contributed by atoms with Gasteiger partial charge in [0.2, 0.25) is 5.91 Å². The lowest BCUT2D eigenvalue weighted by Crippen LogP contribution is -2.34. The van der Waals surface area contributed by atoms with E-state index in [1.165, 1.54) is 30.9 Å². The maximum absolute atomic E-state index is 12.7. The van der Waals surface area contributed by atoms with Crippen molar-refractivity contribution in [3.8, 4) is 0 Å². The number of benzene rings is 1. The lowest BCUT2D eigenvalue weighted by atomic mass is 10.0. The fraction of sp³-hybridized carbons (Fsp3) is 0.312. The third kappa shape index (κ3) is 4.94. The maximum atomic E-state index is 12.7. The molecule has 1 atom stereocenters. The van der Waals surface area contributed by atoms with Crippen molar-refractivity contribution in [3.63, 3.8) is 0 Å². The predicted octanol–water partition coefficient (Wildman–Crippen LogP) is 2.91. The minimum absolute atomic E-state index is 0.204. The number of hydrogen-bond donors (Lipinski definition) is 1. The highest BCUT2D eigenvalue weighted by atomic mass is 19.4. The van der Waals surface area contributed by atoms with Crippen molar-refractivity contribution in [3.05, 3.63) is 54.1 Å². The standard InChI is InChI=1S/C16H17F3N4O/c1-11(13-4-3-5-14(7-13)16(17,18)19)6-15(24)22-12(2)8-23-10-20-9-21-23/h3-7,9-10,12H,8H2,1-2H3,(H,22,24)/b11-6-/t12-/m0/s1. The van der Waals surface area contributed by atoms with Crippen LogP contribution >= 0.6 is 0 Å². The Morgan fingerprint density at radius 2 is 2.17 bits per heavy atom. The van der Waals surface area contributed by atoms with Crippen molar-refractivity contribution in [2.75, 3.05) is 0 Å². The smallest absolute Gasteiger partial charge is 0.348 e.